The molecule has 0 saturated heterocycles. The zero-order chi connectivity index (χ0) is 16.2. The number of hydrogen-bond donors (Lipinski definition) is 0. The first kappa shape index (κ1) is 15.8. The van der Waals surface area contributed by atoms with E-state index in [0.29, 0.717) is 0 Å². The highest BCUT2D eigenvalue weighted by Gasteiger charge is 2.11. The van der Waals surface area contributed by atoms with Gasteiger partial charge in [-0.15, -0.1) is 0 Å². The van der Waals surface area contributed by atoms with Crippen molar-refractivity contribution in [3.8, 4) is 0 Å². The number of aromatic nitrogens is 4. The first-order valence-electron chi connectivity index (χ1n) is 7.51. The lowest BCUT2D eigenvalue weighted by Gasteiger charge is -2.22. The van der Waals surface area contributed by atoms with Crippen molar-refractivity contribution in [1.82, 2.24) is 24.5 Å². The van der Waals surface area contributed by atoms with Gasteiger partial charge in [-0.2, -0.15) is 10.2 Å². The van der Waals surface area contributed by atoms with Crippen LogP contribution in [0, 0.1) is 0 Å². The van der Waals surface area contributed by atoms with Crippen LogP contribution in [0.4, 0.5) is 0 Å². The molecule has 6 heteroatoms. The standard InChI is InChI=1S/C17H20ClN5/c1-21-10-15(9-20-21)12-23(13-17-7-8-19-22(17)2)11-14-3-5-16(18)6-4-14/h3-10H,11-13H2,1-2H3. The highest BCUT2D eigenvalue weighted by Crippen LogP contribution is 2.15. The van der Waals surface area contributed by atoms with E-state index in [1.807, 2.05) is 48.0 Å². The number of halogens is 1. The first-order valence-corrected chi connectivity index (χ1v) is 7.89. The molecule has 3 rings (SSSR count). The summed E-state index contributed by atoms with van der Waals surface area (Å²) in [6, 6.07) is 10.1. The molecule has 0 spiro atoms. The van der Waals surface area contributed by atoms with Crippen LogP contribution in [0.2, 0.25) is 5.02 Å². The number of nitrogens with zero attached hydrogens (tertiary/aromatic N) is 5. The van der Waals surface area contributed by atoms with E-state index in [2.05, 4.69) is 39.5 Å². The van der Waals surface area contributed by atoms with Gasteiger partial charge in [-0.1, -0.05) is 23.7 Å². The smallest absolute Gasteiger partial charge is 0.0534 e. The van der Waals surface area contributed by atoms with Gasteiger partial charge in [-0.05, 0) is 23.8 Å². The lowest BCUT2D eigenvalue weighted by atomic mass is 10.2. The second-order valence-corrected chi connectivity index (χ2v) is 6.18. The van der Waals surface area contributed by atoms with Gasteiger partial charge < -0.3 is 0 Å². The average Bonchev–Trinajstić information content (AvgIpc) is 3.11. The zero-order valence-electron chi connectivity index (χ0n) is 13.4. The van der Waals surface area contributed by atoms with E-state index >= 15 is 0 Å². The maximum atomic E-state index is 5.98. The fourth-order valence-corrected chi connectivity index (χ4v) is 2.74. The lowest BCUT2D eigenvalue weighted by molar-refractivity contribution is 0.241. The van der Waals surface area contributed by atoms with E-state index in [-0.39, 0.29) is 0 Å². The van der Waals surface area contributed by atoms with Crippen LogP contribution in [-0.4, -0.2) is 24.5 Å². The fraction of sp³-hybridized carbons (Fsp3) is 0.294. The van der Waals surface area contributed by atoms with Crippen LogP contribution in [0.1, 0.15) is 16.8 Å². The van der Waals surface area contributed by atoms with Gasteiger partial charge in [-0.25, -0.2) is 0 Å². The van der Waals surface area contributed by atoms with Crippen LogP contribution >= 0.6 is 11.6 Å². The molecule has 0 saturated carbocycles. The first-order chi connectivity index (χ1) is 11.1. The van der Waals surface area contributed by atoms with Gasteiger partial charge >= 0.3 is 0 Å². The van der Waals surface area contributed by atoms with Crippen molar-refractivity contribution in [2.45, 2.75) is 19.6 Å². The Morgan fingerprint density at radius 3 is 2.30 bits per heavy atom. The Hall–Kier alpha value is -2.11. The maximum Gasteiger partial charge on any atom is 0.0534 e. The van der Waals surface area contributed by atoms with Crippen LogP contribution in [0.15, 0.2) is 48.9 Å². The van der Waals surface area contributed by atoms with Gasteiger partial charge in [0, 0.05) is 56.7 Å². The lowest BCUT2D eigenvalue weighted by Crippen LogP contribution is -2.23. The molecule has 0 unspecified atom stereocenters. The molecule has 0 aliphatic heterocycles. The van der Waals surface area contributed by atoms with Gasteiger partial charge in [0.15, 0.2) is 0 Å². The molecular formula is C17H20ClN5. The topological polar surface area (TPSA) is 38.9 Å². The van der Waals surface area contributed by atoms with Gasteiger partial charge in [0.05, 0.1) is 11.9 Å². The van der Waals surface area contributed by atoms with Crippen molar-refractivity contribution < 1.29 is 0 Å². The second-order valence-electron chi connectivity index (χ2n) is 5.74. The molecule has 3 aromatic rings. The Balaban J connectivity index is 1.77. The summed E-state index contributed by atoms with van der Waals surface area (Å²) < 4.78 is 3.75. The molecule has 1 aromatic carbocycles. The molecule has 5 nitrogen and oxygen atoms in total. The highest BCUT2D eigenvalue weighted by atomic mass is 35.5. The quantitative estimate of drug-likeness (QED) is 0.698. The number of aryl methyl sites for hydroxylation is 2. The summed E-state index contributed by atoms with van der Waals surface area (Å²) in [5.41, 5.74) is 3.62. The molecule has 2 heterocycles. The second kappa shape index (κ2) is 6.98. The molecule has 2 aromatic heterocycles. The Kier molecular flexibility index (Phi) is 4.79. The number of hydrogen-bond acceptors (Lipinski definition) is 3. The van der Waals surface area contributed by atoms with E-state index in [1.165, 1.54) is 16.8 Å². The van der Waals surface area contributed by atoms with E-state index in [4.69, 9.17) is 11.6 Å². The van der Waals surface area contributed by atoms with Gasteiger partial charge in [0.25, 0.3) is 0 Å². The van der Waals surface area contributed by atoms with Gasteiger partial charge in [0.2, 0.25) is 0 Å². The SMILES string of the molecule is Cn1cc(CN(Cc2ccc(Cl)cc2)Cc2ccnn2C)cn1. The summed E-state index contributed by atoms with van der Waals surface area (Å²) in [4.78, 5) is 2.37. The summed E-state index contributed by atoms with van der Waals surface area (Å²) >= 11 is 5.98. The summed E-state index contributed by atoms with van der Waals surface area (Å²) in [7, 11) is 3.91. The Bertz CT molecular complexity index is 759. The third-order valence-corrected chi connectivity index (χ3v) is 4.04. The molecule has 0 radical (unpaired) electrons. The van der Waals surface area contributed by atoms with Gasteiger partial charge in [-0.3, -0.25) is 14.3 Å². The van der Waals surface area contributed by atoms with E-state index < -0.39 is 0 Å². The zero-order valence-corrected chi connectivity index (χ0v) is 14.1. The third kappa shape index (κ3) is 4.21. The minimum atomic E-state index is 0.763. The molecule has 23 heavy (non-hydrogen) atoms. The van der Waals surface area contributed by atoms with Crippen LogP contribution in [0.25, 0.3) is 0 Å². The van der Waals surface area contributed by atoms with Crippen LogP contribution in [0.3, 0.4) is 0 Å². The Morgan fingerprint density at radius 2 is 1.70 bits per heavy atom. The van der Waals surface area contributed by atoms with Crippen molar-refractivity contribution >= 4 is 11.6 Å². The van der Waals surface area contributed by atoms with Crippen molar-refractivity contribution in [3.63, 3.8) is 0 Å². The van der Waals surface area contributed by atoms with Crippen LogP contribution in [-0.2, 0) is 33.7 Å². The largest absolute Gasteiger partial charge is 0.289 e. The molecule has 0 aliphatic rings. The van der Waals surface area contributed by atoms with E-state index in [9.17, 15) is 0 Å². The van der Waals surface area contributed by atoms with Crippen LogP contribution < -0.4 is 0 Å². The van der Waals surface area contributed by atoms with Crippen molar-refractivity contribution in [2.75, 3.05) is 0 Å². The molecule has 120 valence electrons. The molecule has 0 amide bonds. The molecule has 0 fully saturated rings. The summed E-state index contributed by atoms with van der Waals surface area (Å²) in [6.07, 6.45) is 5.80. The normalized spacial score (nSPS) is 11.3. The molecule has 0 N–H and O–H groups in total. The highest BCUT2D eigenvalue weighted by molar-refractivity contribution is 6.30. The Morgan fingerprint density at radius 1 is 0.957 bits per heavy atom. The molecule has 0 aliphatic carbocycles. The van der Waals surface area contributed by atoms with Gasteiger partial charge in [0.1, 0.15) is 0 Å². The van der Waals surface area contributed by atoms with E-state index in [0.717, 1.165) is 24.7 Å². The van der Waals surface area contributed by atoms with Crippen LogP contribution in [0.5, 0.6) is 0 Å². The number of benzene rings is 1. The maximum absolute atomic E-state index is 5.98. The average molecular weight is 330 g/mol. The summed E-state index contributed by atoms with van der Waals surface area (Å²) in [5, 5.41) is 9.28. The molecule has 0 atom stereocenters. The monoisotopic (exact) mass is 329 g/mol. The predicted molar refractivity (Wildman–Crippen MR) is 90.8 cm³/mol. The molecular weight excluding hydrogens is 310 g/mol. The van der Waals surface area contributed by atoms with Crippen molar-refractivity contribution in [2.24, 2.45) is 14.1 Å². The van der Waals surface area contributed by atoms with Crippen molar-refractivity contribution in [3.05, 3.63) is 70.8 Å². The van der Waals surface area contributed by atoms with E-state index in [1.54, 1.807) is 0 Å². The number of rotatable bonds is 6. The Labute approximate surface area is 141 Å². The van der Waals surface area contributed by atoms with Crippen molar-refractivity contribution in [1.29, 1.82) is 0 Å². The minimum Gasteiger partial charge on any atom is -0.289 e. The third-order valence-electron chi connectivity index (χ3n) is 3.79. The predicted octanol–water partition coefficient (Wildman–Crippen LogP) is 3.01. The summed E-state index contributed by atoms with van der Waals surface area (Å²) in [6.45, 7) is 2.51. The minimum absolute atomic E-state index is 0.763. The fourth-order valence-electron chi connectivity index (χ4n) is 2.61. The molecule has 0 bridgehead atoms. The summed E-state index contributed by atoms with van der Waals surface area (Å²) in [5.74, 6) is 0.